The van der Waals surface area contributed by atoms with Gasteiger partial charge in [0.2, 0.25) is 11.8 Å². The molecule has 3 aromatic carbocycles. The van der Waals surface area contributed by atoms with Crippen molar-refractivity contribution in [2.24, 2.45) is 4.99 Å². The number of amides is 2. The van der Waals surface area contributed by atoms with Crippen LogP contribution in [0.5, 0.6) is 5.75 Å². The van der Waals surface area contributed by atoms with Crippen molar-refractivity contribution in [3.05, 3.63) is 94.0 Å². The summed E-state index contributed by atoms with van der Waals surface area (Å²) in [5.41, 5.74) is 1.76. The van der Waals surface area contributed by atoms with Gasteiger partial charge in [0.25, 0.3) is 5.91 Å². The van der Waals surface area contributed by atoms with Crippen LogP contribution in [0.4, 0.5) is 5.69 Å². The van der Waals surface area contributed by atoms with Crippen LogP contribution < -0.4 is 9.64 Å². The lowest BCUT2D eigenvalue weighted by Gasteiger charge is -2.42. The Morgan fingerprint density at radius 2 is 1.79 bits per heavy atom. The Bertz CT molecular complexity index is 1490. The maximum Gasteiger partial charge on any atom is 0.260 e. The smallest absolute Gasteiger partial charge is 0.260 e. The summed E-state index contributed by atoms with van der Waals surface area (Å²) in [5, 5.41) is 9.03. The fraction of sp³-hybridized carbons (Fsp3) is 0.344. The van der Waals surface area contributed by atoms with Crippen LogP contribution in [0, 0.1) is 0 Å². The van der Waals surface area contributed by atoms with Crippen LogP contribution in [0.1, 0.15) is 29.2 Å². The van der Waals surface area contributed by atoms with Gasteiger partial charge < -0.3 is 29.1 Å². The molecule has 0 bridgehead atoms. The lowest BCUT2D eigenvalue weighted by molar-refractivity contribution is -0.136. The summed E-state index contributed by atoms with van der Waals surface area (Å²) in [4.78, 5) is 36.5. The molecule has 0 spiro atoms. The number of anilines is 1. The van der Waals surface area contributed by atoms with Gasteiger partial charge in [0.1, 0.15) is 12.3 Å². The van der Waals surface area contributed by atoms with Gasteiger partial charge in [-0.25, -0.2) is 4.99 Å². The Balaban J connectivity index is 1.40. The van der Waals surface area contributed by atoms with E-state index < -0.39 is 11.6 Å². The van der Waals surface area contributed by atoms with Gasteiger partial charge in [-0.3, -0.25) is 9.59 Å². The van der Waals surface area contributed by atoms with Crippen molar-refractivity contribution >= 4 is 39.3 Å². The molecule has 3 aromatic rings. The zero-order valence-corrected chi connectivity index (χ0v) is 24.7. The molecule has 0 saturated carbocycles. The van der Waals surface area contributed by atoms with Gasteiger partial charge in [-0.05, 0) is 42.0 Å². The number of para-hydroxylation sites is 1. The van der Waals surface area contributed by atoms with Gasteiger partial charge in [0.05, 0.1) is 25.5 Å². The molecule has 1 N–H and O–H groups in total. The van der Waals surface area contributed by atoms with Crippen LogP contribution in [-0.2, 0) is 25.5 Å². The number of aliphatic imine (C=N–C) groups is 1. The number of nitrogens with zero attached hydrogens (tertiary/aromatic N) is 3. The molecule has 3 aliphatic heterocycles. The fourth-order valence-corrected chi connectivity index (χ4v) is 6.10. The first-order chi connectivity index (χ1) is 20.5. The maximum absolute atomic E-state index is 14.7. The number of benzene rings is 3. The molecule has 6 rings (SSSR count). The zero-order chi connectivity index (χ0) is 29.1. The molecule has 2 atom stereocenters. The van der Waals surface area contributed by atoms with E-state index in [1.165, 1.54) is 0 Å². The summed E-state index contributed by atoms with van der Waals surface area (Å²) in [7, 11) is 0. The Morgan fingerprint density at radius 3 is 2.55 bits per heavy atom. The Labute approximate surface area is 252 Å². The van der Waals surface area contributed by atoms with Crippen molar-refractivity contribution in [1.82, 2.24) is 4.90 Å². The second kappa shape index (κ2) is 12.2. The number of carbonyl (C=O) groups excluding carboxylic acids is 2. The van der Waals surface area contributed by atoms with Gasteiger partial charge in [-0.1, -0.05) is 52.3 Å². The number of ether oxygens (including phenoxy) is 3. The molecule has 218 valence electrons. The number of aliphatic hydroxyl groups excluding tert-OH is 1. The number of carbonyl (C=O) groups is 2. The molecule has 2 amide bonds. The van der Waals surface area contributed by atoms with Gasteiger partial charge in [0.15, 0.2) is 11.6 Å². The first-order valence-corrected chi connectivity index (χ1v) is 14.9. The van der Waals surface area contributed by atoms with E-state index in [9.17, 15) is 9.59 Å². The monoisotopic (exact) mass is 633 g/mol. The maximum atomic E-state index is 14.7. The molecule has 9 nitrogen and oxygen atoms in total. The van der Waals surface area contributed by atoms with Crippen LogP contribution in [0.15, 0.2) is 82.3 Å². The third kappa shape index (κ3) is 5.42. The molecule has 1 saturated heterocycles. The van der Waals surface area contributed by atoms with Crippen LogP contribution in [0.25, 0.3) is 0 Å². The average Bonchev–Trinajstić information content (AvgIpc) is 3.42. The van der Waals surface area contributed by atoms with E-state index in [4.69, 9.17) is 24.3 Å². The van der Waals surface area contributed by atoms with Crippen molar-refractivity contribution in [3.8, 4) is 5.75 Å². The largest absolute Gasteiger partial charge is 0.494 e. The molecule has 0 unspecified atom stereocenters. The lowest BCUT2D eigenvalue weighted by Crippen LogP contribution is -2.58. The van der Waals surface area contributed by atoms with Crippen molar-refractivity contribution in [3.63, 3.8) is 0 Å². The first kappa shape index (κ1) is 28.4. The van der Waals surface area contributed by atoms with E-state index in [1.807, 2.05) is 72.8 Å². The summed E-state index contributed by atoms with van der Waals surface area (Å²) in [6, 6.07) is 22.7. The van der Waals surface area contributed by atoms with Crippen LogP contribution >= 0.6 is 15.9 Å². The molecule has 1 fully saturated rings. The number of morpholine rings is 1. The number of rotatable bonds is 9. The second-order valence-corrected chi connectivity index (χ2v) is 11.4. The van der Waals surface area contributed by atoms with Gasteiger partial charge >= 0.3 is 0 Å². The zero-order valence-electron chi connectivity index (χ0n) is 23.1. The summed E-state index contributed by atoms with van der Waals surface area (Å²) < 4.78 is 18.5. The van der Waals surface area contributed by atoms with Crippen molar-refractivity contribution < 1.29 is 28.9 Å². The van der Waals surface area contributed by atoms with Crippen molar-refractivity contribution in [2.45, 2.75) is 24.5 Å². The molecule has 3 heterocycles. The van der Waals surface area contributed by atoms with Crippen molar-refractivity contribution in [1.29, 1.82) is 0 Å². The van der Waals surface area contributed by atoms with E-state index in [-0.39, 0.29) is 31.4 Å². The molecule has 0 aliphatic carbocycles. The van der Waals surface area contributed by atoms with E-state index in [1.54, 1.807) is 9.80 Å². The average molecular weight is 635 g/mol. The molecule has 42 heavy (non-hydrogen) atoms. The number of hydrogen-bond acceptors (Lipinski definition) is 7. The quantitative estimate of drug-likeness (QED) is 0.359. The van der Waals surface area contributed by atoms with Crippen LogP contribution in [0.2, 0.25) is 0 Å². The summed E-state index contributed by atoms with van der Waals surface area (Å²) in [6.07, 6.45) is 0.141. The lowest BCUT2D eigenvalue weighted by atomic mass is 9.78. The highest BCUT2D eigenvalue weighted by molar-refractivity contribution is 9.10. The second-order valence-electron chi connectivity index (χ2n) is 10.5. The standard InChI is InChI=1S/C32H32BrN3O6/c33-26-8-3-1-6-23(26)20-32-29(42-30(34-32)22-10-12-24(13-11-22)41-17-5-16-37)25-7-2-4-9-27(25)36(31(32)39)21-28(38)35-14-18-40-19-15-35/h1-4,6-13,29,37H,5,14-21H2/t29-,32-/m1/s1. The SMILES string of the molecule is O=C(CN1C(=O)[C@]2(Cc3ccccc3Br)N=C(c3ccc(OCCCO)cc3)O[C@@H]2c2ccccc21)N1CCOCC1. The van der Waals surface area contributed by atoms with E-state index >= 15 is 0 Å². The van der Waals surface area contributed by atoms with Crippen LogP contribution in [0.3, 0.4) is 0 Å². The Kier molecular flexibility index (Phi) is 8.28. The highest BCUT2D eigenvalue weighted by atomic mass is 79.9. The molecular weight excluding hydrogens is 602 g/mol. The van der Waals surface area contributed by atoms with Gasteiger partial charge in [-0.2, -0.15) is 0 Å². The summed E-state index contributed by atoms with van der Waals surface area (Å²) in [6.45, 7) is 2.35. The molecule has 3 aliphatic rings. The molecule has 0 aromatic heterocycles. The third-order valence-corrected chi connectivity index (χ3v) is 8.61. The Morgan fingerprint density at radius 1 is 1.05 bits per heavy atom. The van der Waals surface area contributed by atoms with Gasteiger partial charge in [-0.15, -0.1) is 0 Å². The summed E-state index contributed by atoms with van der Waals surface area (Å²) >= 11 is 3.65. The first-order valence-electron chi connectivity index (χ1n) is 14.1. The van der Waals surface area contributed by atoms with Crippen molar-refractivity contribution in [2.75, 3.05) is 51.0 Å². The molecule has 0 radical (unpaired) electrons. The Hall–Kier alpha value is -3.73. The van der Waals surface area contributed by atoms with E-state index in [2.05, 4.69) is 15.9 Å². The van der Waals surface area contributed by atoms with Crippen LogP contribution in [-0.4, -0.2) is 79.3 Å². The minimum Gasteiger partial charge on any atom is -0.494 e. The third-order valence-electron chi connectivity index (χ3n) is 7.84. The predicted octanol–water partition coefficient (Wildman–Crippen LogP) is 3.92. The number of halogens is 1. The normalized spacial score (nSPS) is 21.3. The fourth-order valence-electron chi connectivity index (χ4n) is 5.68. The molecular formula is C32H32BrN3O6. The summed E-state index contributed by atoms with van der Waals surface area (Å²) in [5.74, 6) is 0.622. The topological polar surface area (TPSA) is 101 Å². The van der Waals surface area contributed by atoms with Gasteiger partial charge in [0, 0.05) is 48.1 Å². The highest BCUT2D eigenvalue weighted by Gasteiger charge is 2.59. The minimum absolute atomic E-state index is 0.0638. The number of aliphatic hydroxyl groups is 1. The van der Waals surface area contributed by atoms with E-state index in [0.29, 0.717) is 62.2 Å². The predicted molar refractivity (Wildman–Crippen MR) is 161 cm³/mol. The number of hydrogen-bond donors (Lipinski definition) is 1. The minimum atomic E-state index is -1.32. The van der Waals surface area contributed by atoms with E-state index in [0.717, 1.165) is 15.6 Å². The highest BCUT2D eigenvalue weighted by Crippen LogP contribution is 2.50. The number of fused-ring (bicyclic) bond motifs is 3. The molecule has 10 heteroatoms.